The van der Waals surface area contributed by atoms with Gasteiger partial charge in [-0.25, -0.2) is 0 Å². The minimum Gasteiger partial charge on any atom is -0.469 e. The fourth-order valence-electron chi connectivity index (χ4n) is 1.12. The molecule has 1 rings (SSSR count). The van der Waals surface area contributed by atoms with Gasteiger partial charge >= 0.3 is 5.97 Å². The lowest BCUT2D eigenvalue weighted by Crippen LogP contribution is -2.14. The number of methoxy groups -OCH3 is 1. The molecule has 0 saturated heterocycles. The van der Waals surface area contributed by atoms with Gasteiger partial charge in [-0.3, -0.25) is 9.78 Å². The summed E-state index contributed by atoms with van der Waals surface area (Å²) in [4.78, 5) is 15.0. The van der Waals surface area contributed by atoms with Crippen molar-refractivity contribution < 1.29 is 9.53 Å². The van der Waals surface area contributed by atoms with Crippen LogP contribution in [0.25, 0.3) is 0 Å². The highest BCUT2D eigenvalue weighted by molar-refractivity contribution is 5.69. The standard InChI is InChI=1S/C10H14N2O2/c1-14-10(13)6-5-8(11)9-4-2-3-7-12-9/h2-4,7-8H,5-6,11H2,1H3. The zero-order valence-corrected chi connectivity index (χ0v) is 8.14. The van der Waals surface area contributed by atoms with Crippen molar-refractivity contribution in [2.75, 3.05) is 7.11 Å². The lowest BCUT2D eigenvalue weighted by molar-refractivity contribution is -0.140. The molecule has 0 bridgehead atoms. The van der Waals surface area contributed by atoms with E-state index in [1.54, 1.807) is 6.20 Å². The van der Waals surface area contributed by atoms with Gasteiger partial charge in [-0.05, 0) is 18.6 Å². The number of pyridine rings is 1. The van der Waals surface area contributed by atoms with Crippen LogP contribution in [0.15, 0.2) is 24.4 Å². The molecule has 4 heteroatoms. The predicted molar refractivity (Wildman–Crippen MR) is 52.4 cm³/mol. The summed E-state index contributed by atoms with van der Waals surface area (Å²) >= 11 is 0. The van der Waals surface area contributed by atoms with Crippen LogP contribution in [0.1, 0.15) is 24.6 Å². The molecule has 0 aliphatic heterocycles. The third kappa shape index (κ3) is 3.14. The minimum atomic E-state index is -0.239. The molecular weight excluding hydrogens is 180 g/mol. The molecule has 0 aliphatic rings. The molecule has 0 saturated carbocycles. The fraction of sp³-hybridized carbons (Fsp3) is 0.400. The van der Waals surface area contributed by atoms with Crippen LogP contribution in [0.3, 0.4) is 0 Å². The maximum atomic E-state index is 10.8. The highest BCUT2D eigenvalue weighted by Gasteiger charge is 2.09. The highest BCUT2D eigenvalue weighted by Crippen LogP contribution is 2.12. The van der Waals surface area contributed by atoms with Crippen molar-refractivity contribution in [3.63, 3.8) is 0 Å². The van der Waals surface area contributed by atoms with Gasteiger partial charge in [-0.2, -0.15) is 0 Å². The van der Waals surface area contributed by atoms with E-state index in [1.807, 2.05) is 18.2 Å². The van der Waals surface area contributed by atoms with Crippen LogP contribution in [0.5, 0.6) is 0 Å². The lowest BCUT2D eigenvalue weighted by Gasteiger charge is -2.09. The van der Waals surface area contributed by atoms with Crippen LogP contribution in [0, 0.1) is 0 Å². The van der Waals surface area contributed by atoms with E-state index < -0.39 is 0 Å². The maximum Gasteiger partial charge on any atom is 0.305 e. The first-order valence-corrected chi connectivity index (χ1v) is 4.47. The third-order valence-electron chi connectivity index (χ3n) is 1.95. The van der Waals surface area contributed by atoms with Crippen molar-refractivity contribution in [1.82, 2.24) is 4.98 Å². The minimum absolute atomic E-state index is 0.199. The molecule has 4 nitrogen and oxygen atoms in total. The number of ether oxygens (including phenoxy) is 1. The summed E-state index contributed by atoms with van der Waals surface area (Å²) in [5.74, 6) is -0.239. The van der Waals surface area contributed by atoms with Crippen molar-refractivity contribution >= 4 is 5.97 Å². The molecule has 1 atom stereocenters. The predicted octanol–water partition coefficient (Wildman–Crippen LogP) is 1.03. The smallest absolute Gasteiger partial charge is 0.305 e. The van der Waals surface area contributed by atoms with Crippen molar-refractivity contribution in [1.29, 1.82) is 0 Å². The van der Waals surface area contributed by atoms with Gasteiger partial charge in [0.05, 0.1) is 12.8 Å². The highest BCUT2D eigenvalue weighted by atomic mass is 16.5. The quantitative estimate of drug-likeness (QED) is 0.727. The topological polar surface area (TPSA) is 65.2 Å². The summed E-state index contributed by atoms with van der Waals surface area (Å²) in [5, 5.41) is 0. The second-order valence-corrected chi connectivity index (χ2v) is 2.98. The number of hydrogen-bond acceptors (Lipinski definition) is 4. The normalized spacial score (nSPS) is 12.1. The molecular formula is C10H14N2O2. The average Bonchev–Trinajstić information content (AvgIpc) is 2.26. The van der Waals surface area contributed by atoms with E-state index in [0.29, 0.717) is 12.8 Å². The monoisotopic (exact) mass is 194 g/mol. The maximum absolute atomic E-state index is 10.8. The van der Waals surface area contributed by atoms with Crippen LogP contribution in [-0.4, -0.2) is 18.1 Å². The molecule has 0 aliphatic carbocycles. The second-order valence-electron chi connectivity index (χ2n) is 2.98. The number of rotatable bonds is 4. The molecule has 0 radical (unpaired) electrons. The van der Waals surface area contributed by atoms with Crippen LogP contribution in [-0.2, 0) is 9.53 Å². The molecule has 0 aromatic carbocycles. The van der Waals surface area contributed by atoms with Gasteiger partial charge in [0.15, 0.2) is 0 Å². The Morgan fingerprint density at radius 3 is 3.00 bits per heavy atom. The Balaban J connectivity index is 2.43. The third-order valence-corrected chi connectivity index (χ3v) is 1.95. The van der Waals surface area contributed by atoms with E-state index in [9.17, 15) is 4.79 Å². The van der Waals surface area contributed by atoms with Crippen molar-refractivity contribution in [2.24, 2.45) is 5.73 Å². The Morgan fingerprint density at radius 1 is 1.64 bits per heavy atom. The molecule has 1 unspecified atom stereocenters. The largest absolute Gasteiger partial charge is 0.469 e. The molecule has 1 aromatic rings. The van der Waals surface area contributed by atoms with Crippen molar-refractivity contribution in [3.8, 4) is 0 Å². The first-order valence-electron chi connectivity index (χ1n) is 4.47. The van der Waals surface area contributed by atoms with Crippen molar-refractivity contribution in [3.05, 3.63) is 30.1 Å². The van der Waals surface area contributed by atoms with E-state index in [2.05, 4.69) is 9.72 Å². The number of esters is 1. The van der Waals surface area contributed by atoms with E-state index >= 15 is 0 Å². The Bertz CT molecular complexity index is 287. The van der Waals surface area contributed by atoms with Crippen molar-refractivity contribution in [2.45, 2.75) is 18.9 Å². The van der Waals surface area contributed by atoms with Gasteiger partial charge in [0.2, 0.25) is 0 Å². The van der Waals surface area contributed by atoms with Gasteiger partial charge in [0, 0.05) is 18.7 Å². The Morgan fingerprint density at radius 2 is 2.43 bits per heavy atom. The summed E-state index contributed by atoms with van der Waals surface area (Å²) in [6.07, 6.45) is 2.57. The summed E-state index contributed by atoms with van der Waals surface area (Å²) in [6.45, 7) is 0. The number of nitrogens with zero attached hydrogens (tertiary/aromatic N) is 1. The SMILES string of the molecule is COC(=O)CCC(N)c1ccccn1. The first-order chi connectivity index (χ1) is 6.74. The second kappa shape index (κ2) is 5.34. The summed E-state index contributed by atoms with van der Waals surface area (Å²) in [5.41, 5.74) is 6.63. The Hall–Kier alpha value is -1.42. The van der Waals surface area contributed by atoms with Crippen LogP contribution >= 0.6 is 0 Å². The van der Waals surface area contributed by atoms with E-state index in [0.717, 1.165) is 5.69 Å². The summed E-state index contributed by atoms with van der Waals surface area (Å²) < 4.78 is 4.52. The molecule has 0 spiro atoms. The van der Waals surface area contributed by atoms with Gasteiger partial charge in [-0.15, -0.1) is 0 Å². The van der Waals surface area contributed by atoms with Gasteiger partial charge in [-0.1, -0.05) is 6.07 Å². The first kappa shape index (κ1) is 10.7. The number of carbonyl (C=O) groups excluding carboxylic acids is 1. The zero-order chi connectivity index (χ0) is 10.4. The van der Waals surface area contributed by atoms with Gasteiger partial charge in [0.25, 0.3) is 0 Å². The van der Waals surface area contributed by atoms with E-state index in [4.69, 9.17) is 5.73 Å². The van der Waals surface area contributed by atoms with Gasteiger partial charge < -0.3 is 10.5 Å². The summed E-state index contributed by atoms with van der Waals surface area (Å²) in [6, 6.07) is 5.36. The Kier molecular flexibility index (Phi) is 4.07. The molecule has 1 heterocycles. The van der Waals surface area contributed by atoms with E-state index in [1.165, 1.54) is 7.11 Å². The number of aromatic nitrogens is 1. The molecule has 0 fully saturated rings. The van der Waals surface area contributed by atoms with Gasteiger partial charge in [0.1, 0.15) is 0 Å². The average molecular weight is 194 g/mol. The van der Waals surface area contributed by atoms with Crippen LogP contribution in [0.2, 0.25) is 0 Å². The molecule has 14 heavy (non-hydrogen) atoms. The number of nitrogens with two attached hydrogens (primary N) is 1. The molecule has 2 N–H and O–H groups in total. The number of hydrogen-bond donors (Lipinski definition) is 1. The van der Waals surface area contributed by atoms with Crippen LogP contribution < -0.4 is 5.73 Å². The zero-order valence-electron chi connectivity index (χ0n) is 8.14. The molecule has 1 aromatic heterocycles. The number of carbonyl (C=O) groups is 1. The Labute approximate surface area is 83.1 Å². The fourth-order valence-corrected chi connectivity index (χ4v) is 1.12. The van der Waals surface area contributed by atoms with Crippen LogP contribution in [0.4, 0.5) is 0 Å². The summed E-state index contributed by atoms with van der Waals surface area (Å²) in [7, 11) is 1.37. The van der Waals surface area contributed by atoms with E-state index in [-0.39, 0.29) is 12.0 Å². The molecule has 0 amide bonds. The lowest BCUT2D eigenvalue weighted by atomic mass is 10.1. The molecule has 76 valence electrons.